The maximum atomic E-state index is 11.2. The predicted molar refractivity (Wildman–Crippen MR) is 55.6 cm³/mol. The number of nitrogens with one attached hydrogen (secondary N) is 1. The van der Waals surface area contributed by atoms with E-state index < -0.39 is 0 Å². The maximum absolute atomic E-state index is 11.2. The molecule has 0 saturated heterocycles. The fraction of sp³-hybridized carbons (Fsp3) is 0.375. The zero-order valence-electron chi connectivity index (χ0n) is 7.33. The van der Waals surface area contributed by atoms with Gasteiger partial charge in [0.2, 0.25) is 11.2 Å². The number of nitrogens with zero attached hydrogens (tertiary/aromatic N) is 2. The van der Waals surface area contributed by atoms with Gasteiger partial charge < -0.3 is 5.32 Å². The molecular weight excluding hydrogens is 225 g/mol. The lowest BCUT2D eigenvalue weighted by Gasteiger charge is -2.02. The molecule has 6 heteroatoms. The largest absolute Gasteiger partial charge is 0.323 e. The second kappa shape index (κ2) is 5.78. The molecule has 1 aromatic rings. The van der Waals surface area contributed by atoms with Crippen LogP contribution in [-0.2, 0) is 4.79 Å². The maximum Gasteiger partial charge on any atom is 0.224 e. The van der Waals surface area contributed by atoms with Gasteiger partial charge in [0.05, 0.1) is 18.1 Å². The van der Waals surface area contributed by atoms with Crippen LogP contribution in [0.25, 0.3) is 0 Å². The second-order valence-corrected chi connectivity index (χ2v) is 3.30. The smallest absolute Gasteiger partial charge is 0.224 e. The third-order valence-corrected chi connectivity index (χ3v) is 1.90. The Balaban J connectivity index is 2.44. The van der Waals surface area contributed by atoms with Gasteiger partial charge in [-0.05, 0) is 18.0 Å². The first-order chi connectivity index (χ1) is 6.72. The molecule has 0 aliphatic rings. The number of alkyl halides is 1. The van der Waals surface area contributed by atoms with E-state index >= 15 is 0 Å². The van der Waals surface area contributed by atoms with Crippen LogP contribution in [0.4, 0.5) is 5.69 Å². The molecule has 0 atom stereocenters. The van der Waals surface area contributed by atoms with E-state index in [0.29, 0.717) is 24.4 Å². The molecular formula is C8H9Cl2N3O. The number of aromatic nitrogens is 2. The van der Waals surface area contributed by atoms with E-state index in [1.165, 1.54) is 12.4 Å². The Kier molecular flexibility index (Phi) is 4.62. The van der Waals surface area contributed by atoms with Crippen LogP contribution in [0.3, 0.4) is 0 Å². The summed E-state index contributed by atoms with van der Waals surface area (Å²) in [5.74, 6) is 0.376. The Morgan fingerprint density at radius 3 is 2.64 bits per heavy atom. The summed E-state index contributed by atoms with van der Waals surface area (Å²) in [5.41, 5.74) is 0.536. The van der Waals surface area contributed by atoms with Crippen molar-refractivity contribution in [2.24, 2.45) is 0 Å². The van der Waals surface area contributed by atoms with Crippen molar-refractivity contribution in [1.82, 2.24) is 9.97 Å². The van der Waals surface area contributed by atoms with Crippen molar-refractivity contribution in [2.75, 3.05) is 11.2 Å². The monoisotopic (exact) mass is 233 g/mol. The molecule has 0 unspecified atom stereocenters. The average molecular weight is 234 g/mol. The molecule has 4 nitrogen and oxygen atoms in total. The topological polar surface area (TPSA) is 54.9 Å². The Hall–Kier alpha value is -0.870. The number of amides is 1. The zero-order chi connectivity index (χ0) is 10.4. The number of halogens is 2. The molecule has 1 heterocycles. The van der Waals surface area contributed by atoms with Crippen LogP contribution in [0.2, 0.25) is 5.28 Å². The van der Waals surface area contributed by atoms with E-state index in [2.05, 4.69) is 15.3 Å². The number of hydrogen-bond donors (Lipinski definition) is 1. The minimum atomic E-state index is -0.100. The molecule has 0 aliphatic carbocycles. The van der Waals surface area contributed by atoms with E-state index in [1.807, 2.05) is 0 Å². The highest BCUT2D eigenvalue weighted by molar-refractivity contribution is 6.28. The van der Waals surface area contributed by atoms with Gasteiger partial charge in [-0.15, -0.1) is 11.6 Å². The van der Waals surface area contributed by atoms with Crippen LogP contribution in [-0.4, -0.2) is 21.8 Å². The summed E-state index contributed by atoms with van der Waals surface area (Å²) in [6, 6.07) is 0. The quantitative estimate of drug-likeness (QED) is 0.641. The molecule has 0 radical (unpaired) electrons. The molecule has 14 heavy (non-hydrogen) atoms. The predicted octanol–water partition coefficient (Wildman–Crippen LogP) is 2.09. The zero-order valence-corrected chi connectivity index (χ0v) is 8.85. The number of carbonyl (C=O) groups is 1. The number of anilines is 1. The van der Waals surface area contributed by atoms with Gasteiger partial charge in [-0.2, -0.15) is 0 Å². The first kappa shape index (κ1) is 11.2. The number of carbonyl (C=O) groups excluding carboxylic acids is 1. The molecule has 76 valence electrons. The van der Waals surface area contributed by atoms with Gasteiger partial charge in [0.25, 0.3) is 0 Å². The molecule has 1 rings (SSSR count). The Labute approximate surface area is 91.6 Å². The van der Waals surface area contributed by atoms with Crippen LogP contribution in [0, 0.1) is 0 Å². The Morgan fingerprint density at radius 2 is 2.07 bits per heavy atom. The van der Waals surface area contributed by atoms with E-state index in [1.54, 1.807) is 0 Å². The van der Waals surface area contributed by atoms with Gasteiger partial charge in [-0.1, -0.05) is 0 Å². The van der Waals surface area contributed by atoms with Crippen LogP contribution in [0.5, 0.6) is 0 Å². The highest BCUT2D eigenvalue weighted by atomic mass is 35.5. The SMILES string of the molecule is O=C(CCCCl)Nc1cnc(Cl)nc1. The average Bonchev–Trinajstić information content (AvgIpc) is 2.18. The van der Waals surface area contributed by atoms with Crippen molar-refractivity contribution < 1.29 is 4.79 Å². The van der Waals surface area contributed by atoms with Crippen molar-refractivity contribution in [1.29, 1.82) is 0 Å². The third-order valence-electron chi connectivity index (χ3n) is 1.44. The minimum absolute atomic E-state index is 0.100. The molecule has 0 fully saturated rings. The Morgan fingerprint density at radius 1 is 1.43 bits per heavy atom. The second-order valence-electron chi connectivity index (χ2n) is 2.58. The lowest BCUT2D eigenvalue weighted by atomic mass is 10.3. The summed E-state index contributed by atoms with van der Waals surface area (Å²) in [6.07, 6.45) is 3.95. The first-order valence-electron chi connectivity index (χ1n) is 4.05. The van der Waals surface area contributed by atoms with E-state index in [9.17, 15) is 4.79 Å². The standard InChI is InChI=1S/C8H9Cl2N3O/c9-3-1-2-7(14)13-6-4-11-8(10)12-5-6/h4-5H,1-3H2,(H,13,14). The normalized spacial score (nSPS) is 9.86. The molecule has 1 N–H and O–H groups in total. The summed E-state index contributed by atoms with van der Waals surface area (Å²) < 4.78 is 0. The summed E-state index contributed by atoms with van der Waals surface area (Å²) in [4.78, 5) is 18.6. The van der Waals surface area contributed by atoms with Gasteiger partial charge in [0.15, 0.2) is 0 Å². The van der Waals surface area contributed by atoms with Crippen molar-refractivity contribution in [2.45, 2.75) is 12.8 Å². The molecule has 1 amide bonds. The minimum Gasteiger partial charge on any atom is -0.323 e. The van der Waals surface area contributed by atoms with Crippen molar-refractivity contribution in [3.05, 3.63) is 17.7 Å². The molecule has 0 aromatic carbocycles. The van der Waals surface area contributed by atoms with Gasteiger partial charge in [0, 0.05) is 12.3 Å². The lowest BCUT2D eigenvalue weighted by molar-refractivity contribution is -0.116. The first-order valence-corrected chi connectivity index (χ1v) is 4.97. The van der Waals surface area contributed by atoms with Crippen molar-refractivity contribution >= 4 is 34.8 Å². The van der Waals surface area contributed by atoms with Gasteiger partial charge in [-0.3, -0.25) is 4.79 Å². The van der Waals surface area contributed by atoms with Gasteiger partial charge in [0.1, 0.15) is 0 Å². The fourth-order valence-corrected chi connectivity index (χ4v) is 1.06. The number of hydrogen-bond acceptors (Lipinski definition) is 3. The summed E-state index contributed by atoms with van der Waals surface area (Å²) in [6.45, 7) is 0. The highest BCUT2D eigenvalue weighted by Gasteiger charge is 2.02. The van der Waals surface area contributed by atoms with E-state index in [-0.39, 0.29) is 11.2 Å². The fourth-order valence-electron chi connectivity index (χ4n) is 0.828. The van der Waals surface area contributed by atoms with Crippen molar-refractivity contribution in [3.63, 3.8) is 0 Å². The molecule has 1 aromatic heterocycles. The van der Waals surface area contributed by atoms with Crippen LogP contribution in [0.1, 0.15) is 12.8 Å². The van der Waals surface area contributed by atoms with Crippen molar-refractivity contribution in [3.8, 4) is 0 Å². The van der Waals surface area contributed by atoms with Gasteiger partial charge >= 0.3 is 0 Å². The highest BCUT2D eigenvalue weighted by Crippen LogP contribution is 2.06. The molecule has 0 spiro atoms. The van der Waals surface area contributed by atoms with Gasteiger partial charge in [-0.25, -0.2) is 9.97 Å². The summed E-state index contributed by atoms with van der Waals surface area (Å²) in [7, 11) is 0. The van der Waals surface area contributed by atoms with E-state index in [0.717, 1.165) is 0 Å². The summed E-state index contributed by atoms with van der Waals surface area (Å²) in [5, 5.41) is 2.78. The molecule has 0 saturated carbocycles. The lowest BCUT2D eigenvalue weighted by Crippen LogP contribution is -2.11. The molecule has 0 bridgehead atoms. The van der Waals surface area contributed by atoms with E-state index in [4.69, 9.17) is 23.2 Å². The van der Waals surface area contributed by atoms with Crippen LogP contribution in [0.15, 0.2) is 12.4 Å². The summed E-state index contributed by atoms with van der Waals surface area (Å²) >= 11 is 10.9. The third kappa shape index (κ3) is 3.89. The van der Waals surface area contributed by atoms with Crippen LogP contribution >= 0.6 is 23.2 Å². The molecule has 0 aliphatic heterocycles. The number of rotatable bonds is 4. The Bertz CT molecular complexity index is 302. The van der Waals surface area contributed by atoms with Crippen LogP contribution < -0.4 is 5.32 Å².